The molecule has 1 unspecified atom stereocenters. The van der Waals surface area contributed by atoms with Crippen molar-refractivity contribution in [1.82, 2.24) is 15.5 Å². The lowest BCUT2D eigenvalue weighted by atomic mass is 10.1. The molecular weight excluding hydrogens is 318 g/mol. The van der Waals surface area contributed by atoms with Gasteiger partial charge in [-0.2, -0.15) is 0 Å². The molecule has 1 aromatic carbocycles. The Kier molecular flexibility index (Phi) is 6.38. The summed E-state index contributed by atoms with van der Waals surface area (Å²) in [6.45, 7) is 5.83. The minimum absolute atomic E-state index is 0.0220. The minimum atomic E-state index is -0.440. The van der Waals surface area contributed by atoms with Crippen molar-refractivity contribution in [2.24, 2.45) is 16.6 Å². The number of nitrogens with one attached hydrogen (secondary N) is 2. The molecule has 4 N–H and O–H groups in total. The second-order valence-corrected chi connectivity index (χ2v) is 6.56. The van der Waals surface area contributed by atoms with Crippen molar-refractivity contribution >= 4 is 17.8 Å². The van der Waals surface area contributed by atoms with E-state index < -0.39 is 5.91 Å². The number of likely N-dealkylation sites (tertiary alicyclic amines) is 1. The second kappa shape index (κ2) is 8.50. The molecule has 7 heteroatoms. The molecule has 0 radical (unpaired) electrons. The van der Waals surface area contributed by atoms with E-state index in [2.05, 4.69) is 15.6 Å². The third kappa shape index (κ3) is 5.20. The predicted molar refractivity (Wildman–Crippen MR) is 98.1 cm³/mol. The van der Waals surface area contributed by atoms with Gasteiger partial charge in [-0.25, -0.2) is 0 Å². The first-order valence-electron chi connectivity index (χ1n) is 8.55. The number of amides is 2. The first-order chi connectivity index (χ1) is 11.9. The van der Waals surface area contributed by atoms with Crippen molar-refractivity contribution in [3.8, 4) is 0 Å². The number of guanidine groups is 1. The molecule has 1 aliphatic heterocycles. The summed E-state index contributed by atoms with van der Waals surface area (Å²) in [5.74, 6) is 0.447. The highest BCUT2D eigenvalue weighted by atomic mass is 16.2. The Morgan fingerprint density at radius 3 is 2.80 bits per heavy atom. The summed E-state index contributed by atoms with van der Waals surface area (Å²) in [6, 6.07) is 7.37. The van der Waals surface area contributed by atoms with Crippen LogP contribution in [0.25, 0.3) is 0 Å². The maximum absolute atomic E-state index is 12.1. The zero-order valence-corrected chi connectivity index (χ0v) is 15.1. The maximum atomic E-state index is 12.1. The molecule has 1 fully saturated rings. The third-order valence-corrected chi connectivity index (χ3v) is 4.23. The highest BCUT2D eigenvalue weighted by molar-refractivity contribution is 5.92. The molecule has 1 aromatic rings. The third-order valence-electron chi connectivity index (χ3n) is 4.23. The number of aliphatic imine (C=N–C) groups is 1. The Morgan fingerprint density at radius 2 is 2.16 bits per heavy atom. The zero-order valence-electron chi connectivity index (χ0n) is 15.1. The zero-order chi connectivity index (χ0) is 18.4. The highest BCUT2D eigenvalue weighted by Crippen LogP contribution is 2.12. The Bertz CT molecular complexity index is 657. The molecule has 0 bridgehead atoms. The standard InChI is InChI=1S/C18H27N5O2/c1-12(2)17(25)23-8-7-15(11-23)22-18(20-3)21-10-13-5-4-6-14(9-13)16(19)24/h4-6,9,12,15H,7-8,10-11H2,1-3H3,(H2,19,24)(H2,20,21,22). The molecule has 1 atom stereocenters. The number of hydrogen-bond donors (Lipinski definition) is 3. The van der Waals surface area contributed by atoms with Crippen molar-refractivity contribution in [3.05, 3.63) is 35.4 Å². The lowest BCUT2D eigenvalue weighted by Gasteiger charge is -2.20. The fraction of sp³-hybridized carbons (Fsp3) is 0.500. The fourth-order valence-electron chi connectivity index (χ4n) is 2.85. The SMILES string of the molecule is CN=C(NCc1cccc(C(N)=O)c1)NC1CCN(C(=O)C(C)C)C1. The van der Waals surface area contributed by atoms with Crippen molar-refractivity contribution in [3.63, 3.8) is 0 Å². The van der Waals surface area contributed by atoms with Gasteiger partial charge in [0.05, 0.1) is 0 Å². The van der Waals surface area contributed by atoms with E-state index in [4.69, 9.17) is 5.73 Å². The van der Waals surface area contributed by atoms with Crippen molar-refractivity contribution in [2.45, 2.75) is 32.9 Å². The summed E-state index contributed by atoms with van der Waals surface area (Å²) in [4.78, 5) is 29.4. The number of nitrogens with zero attached hydrogens (tertiary/aromatic N) is 2. The van der Waals surface area contributed by atoms with Crippen LogP contribution in [0.15, 0.2) is 29.3 Å². The highest BCUT2D eigenvalue weighted by Gasteiger charge is 2.27. The Balaban J connectivity index is 1.86. The van der Waals surface area contributed by atoms with Gasteiger partial charge in [0.2, 0.25) is 11.8 Å². The van der Waals surface area contributed by atoms with Crippen LogP contribution >= 0.6 is 0 Å². The molecule has 2 amide bonds. The molecule has 25 heavy (non-hydrogen) atoms. The van der Waals surface area contributed by atoms with Crippen molar-refractivity contribution in [1.29, 1.82) is 0 Å². The summed E-state index contributed by atoms with van der Waals surface area (Å²) < 4.78 is 0. The molecule has 1 heterocycles. The van der Waals surface area contributed by atoms with E-state index in [-0.39, 0.29) is 17.9 Å². The van der Waals surface area contributed by atoms with Crippen LogP contribution in [0, 0.1) is 5.92 Å². The molecule has 0 saturated carbocycles. The molecule has 0 aromatic heterocycles. The van der Waals surface area contributed by atoms with Gasteiger partial charge in [0.15, 0.2) is 5.96 Å². The topological polar surface area (TPSA) is 99.8 Å². The predicted octanol–water partition coefficient (Wildman–Crippen LogP) is 0.707. The molecule has 2 rings (SSSR count). The van der Waals surface area contributed by atoms with Gasteiger partial charge in [-0.3, -0.25) is 14.6 Å². The summed E-state index contributed by atoms with van der Waals surface area (Å²) in [6.07, 6.45) is 0.899. The van der Waals surface area contributed by atoms with Crippen LogP contribution in [0.2, 0.25) is 0 Å². The van der Waals surface area contributed by atoms with Crippen LogP contribution in [0.1, 0.15) is 36.2 Å². The average molecular weight is 345 g/mol. The van der Waals surface area contributed by atoms with Gasteiger partial charge >= 0.3 is 0 Å². The first-order valence-corrected chi connectivity index (χ1v) is 8.55. The number of nitrogens with two attached hydrogens (primary N) is 1. The van der Waals surface area contributed by atoms with E-state index in [0.29, 0.717) is 24.6 Å². The van der Waals surface area contributed by atoms with Crippen LogP contribution < -0.4 is 16.4 Å². The molecule has 0 spiro atoms. The molecule has 1 aliphatic rings. The number of carbonyl (C=O) groups excluding carboxylic acids is 2. The summed E-state index contributed by atoms with van der Waals surface area (Å²) in [5.41, 5.74) is 6.74. The van der Waals surface area contributed by atoms with Crippen LogP contribution in [-0.4, -0.2) is 48.9 Å². The number of primary amides is 1. The number of carbonyl (C=O) groups is 2. The monoisotopic (exact) mass is 345 g/mol. The molecule has 7 nitrogen and oxygen atoms in total. The van der Waals surface area contributed by atoms with Gasteiger partial charge in [0.25, 0.3) is 0 Å². The maximum Gasteiger partial charge on any atom is 0.248 e. The van der Waals surface area contributed by atoms with E-state index in [1.807, 2.05) is 24.8 Å². The lowest BCUT2D eigenvalue weighted by molar-refractivity contribution is -0.133. The van der Waals surface area contributed by atoms with E-state index in [9.17, 15) is 9.59 Å². The van der Waals surface area contributed by atoms with E-state index in [0.717, 1.165) is 18.5 Å². The van der Waals surface area contributed by atoms with Gasteiger partial charge in [0, 0.05) is 44.2 Å². The first kappa shape index (κ1) is 18.8. The lowest BCUT2D eigenvalue weighted by Crippen LogP contribution is -2.45. The van der Waals surface area contributed by atoms with Crippen molar-refractivity contribution in [2.75, 3.05) is 20.1 Å². The van der Waals surface area contributed by atoms with E-state index in [1.165, 1.54) is 0 Å². The minimum Gasteiger partial charge on any atom is -0.366 e. The van der Waals surface area contributed by atoms with Gasteiger partial charge in [-0.15, -0.1) is 0 Å². The Hall–Kier alpha value is -2.57. The van der Waals surface area contributed by atoms with Gasteiger partial charge < -0.3 is 21.3 Å². The van der Waals surface area contributed by atoms with Crippen LogP contribution in [0.3, 0.4) is 0 Å². The van der Waals surface area contributed by atoms with E-state index >= 15 is 0 Å². The van der Waals surface area contributed by atoms with Gasteiger partial charge in [0.1, 0.15) is 0 Å². The average Bonchev–Trinajstić information content (AvgIpc) is 3.06. The largest absolute Gasteiger partial charge is 0.366 e. The summed E-state index contributed by atoms with van der Waals surface area (Å²) in [5, 5.41) is 6.58. The second-order valence-electron chi connectivity index (χ2n) is 6.56. The Morgan fingerprint density at radius 1 is 1.40 bits per heavy atom. The smallest absolute Gasteiger partial charge is 0.248 e. The van der Waals surface area contributed by atoms with Crippen molar-refractivity contribution < 1.29 is 9.59 Å². The van der Waals surface area contributed by atoms with Gasteiger partial charge in [-0.1, -0.05) is 26.0 Å². The quantitative estimate of drug-likeness (QED) is 0.540. The summed E-state index contributed by atoms with van der Waals surface area (Å²) >= 11 is 0. The van der Waals surface area contributed by atoms with E-state index in [1.54, 1.807) is 25.2 Å². The molecule has 0 aliphatic carbocycles. The Labute approximate surface area is 148 Å². The number of rotatable bonds is 5. The molecule has 136 valence electrons. The molecular formula is C18H27N5O2. The van der Waals surface area contributed by atoms with Gasteiger partial charge in [-0.05, 0) is 24.1 Å². The fourth-order valence-corrected chi connectivity index (χ4v) is 2.85. The number of hydrogen-bond acceptors (Lipinski definition) is 3. The van der Waals surface area contributed by atoms with Crippen LogP contribution in [-0.2, 0) is 11.3 Å². The number of benzene rings is 1. The normalized spacial score (nSPS) is 17.7. The van der Waals surface area contributed by atoms with Crippen LogP contribution in [0.5, 0.6) is 0 Å². The summed E-state index contributed by atoms with van der Waals surface area (Å²) in [7, 11) is 1.71. The molecule has 1 saturated heterocycles. The van der Waals surface area contributed by atoms with Crippen LogP contribution in [0.4, 0.5) is 0 Å².